The van der Waals surface area contributed by atoms with Gasteiger partial charge in [-0.3, -0.25) is 9.69 Å². The summed E-state index contributed by atoms with van der Waals surface area (Å²) in [4.78, 5) is 13.8. The maximum atomic E-state index is 11.6. The zero-order valence-corrected chi connectivity index (χ0v) is 11.5. The number of nitrogens with one attached hydrogen (secondary N) is 1. The fourth-order valence-corrected chi connectivity index (χ4v) is 3.41. The van der Waals surface area contributed by atoms with Gasteiger partial charge in [-0.1, -0.05) is 13.3 Å². The second-order valence-electron chi connectivity index (χ2n) is 4.54. The fraction of sp³-hybridized carbons (Fsp3) is 0.917. The minimum absolute atomic E-state index is 0.163. The molecule has 1 fully saturated rings. The summed E-state index contributed by atoms with van der Waals surface area (Å²) in [5.74, 6) is 0.163. The van der Waals surface area contributed by atoms with E-state index in [-0.39, 0.29) is 5.91 Å². The van der Waals surface area contributed by atoms with Gasteiger partial charge in [0.05, 0.1) is 6.54 Å². The predicted octanol–water partition coefficient (Wildman–Crippen LogP) is 1.73. The standard InChI is InChI=1S/C12H24N2OS/c1-4-8-13-12(15)9-14(2)10-6-5-7-11(10)16-3/h10-11H,4-9H2,1-3H3,(H,13,15)/t10-,11+/m1/s1. The summed E-state index contributed by atoms with van der Waals surface area (Å²) in [7, 11) is 2.07. The monoisotopic (exact) mass is 244 g/mol. The van der Waals surface area contributed by atoms with E-state index in [4.69, 9.17) is 0 Å². The number of carbonyl (C=O) groups is 1. The number of thioether (sulfide) groups is 1. The van der Waals surface area contributed by atoms with Crippen LogP contribution in [0.3, 0.4) is 0 Å². The van der Waals surface area contributed by atoms with Crippen LogP contribution < -0.4 is 5.32 Å². The maximum Gasteiger partial charge on any atom is 0.234 e. The van der Waals surface area contributed by atoms with E-state index in [0.717, 1.165) is 13.0 Å². The Morgan fingerprint density at radius 3 is 2.88 bits per heavy atom. The lowest BCUT2D eigenvalue weighted by molar-refractivity contribution is -0.122. The first-order chi connectivity index (χ1) is 7.69. The van der Waals surface area contributed by atoms with Crippen LogP contribution in [0.1, 0.15) is 32.6 Å². The van der Waals surface area contributed by atoms with Crippen LogP contribution in [-0.4, -0.2) is 48.5 Å². The Bertz CT molecular complexity index is 223. The van der Waals surface area contributed by atoms with Crippen LogP contribution >= 0.6 is 11.8 Å². The lowest BCUT2D eigenvalue weighted by Crippen LogP contribution is -2.43. The number of carbonyl (C=O) groups excluding carboxylic acids is 1. The van der Waals surface area contributed by atoms with Gasteiger partial charge in [-0.05, 0) is 32.6 Å². The normalized spacial score (nSPS) is 25.0. The Balaban J connectivity index is 2.33. The van der Waals surface area contributed by atoms with Crippen molar-refractivity contribution < 1.29 is 4.79 Å². The van der Waals surface area contributed by atoms with E-state index in [1.54, 1.807) is 0 Å². The van der Waals surface area contributed by atoms with Crippen molar-refractivity contribution in [1.82, 2.24) is 10.2 Å². The largest absolute Gasteiger partial charge is 0.355 e. The average molecular weight is 244 g/mol. The number of amides is 1. The van der Waals surface area contributed by atoms with Crippen LogP contribution in [0.2, 0.25) is 0 Å². The molecule has 0 aromatic carbocycles. The Labute approximate surface area is 103 Å². The van der Waals surface area contributed by atoms with E-state index in [1.807, 2.05) is 11.8 Å². The topological polar surface area (TPSA) is 32.3 Å². The lowest BCUT2D eigenvalue weighted by Gasteiger charge is -2.28. The molecule has 1 N–H and O–H groups in total. The molecule has 0 bridgehead atoms. The molecule has 94 valence electrons. The Morgan fingerprint density at radius 1 is 1.50 bits per heavy atom. The third-order valence-corrected chi connectivity index (χ3v) is 4.41. The summed E-state index contributed by atoms with van der Waals surface area (Å²) in [5.41, 5.74) is 0. The van der Waals surface area contributed by atoms with E-state index >= 15 is 0 Å². The SMILES string of the molecule is CCCNC(=O)CN(C)[C@@H]1CCC[C@@H]1SC. The summed E-state index contributed by atoms with van der Waals surface area (Å²) < 4.78 is 0. The van der Waals surface area contributed by atoms with Crippen molar-refractivity contribution in [3.05, 3.63) is 0 Å². The lowest BCUT2D eigenvalue weighted by atomic mass is 10.2. The van der Waals surface area contributed by atoms with Gasteiger partial charge in [0.25, 0.3) is 0 Å². The quantitative estimate of drug-likeness (QED) is 0.772. The molecule has 16 heavy (non-hydrogen) atoms. The Kier molecular flexibility index (Phi) is 6.21. The molecule has 0 saturated heterocycles. The summed E-state index contributed by atoms with van der Waals surface area (Å²) in [5, 5.41) is 3.64. The van der Waals surface area contributed by atoms with Gasteiger partial charge in [0, 0.05) is 17.8 Å². The van der Waals surface area contributed by atoms with E-state index in [9.17, 15) is 4.79 Å². The molecule has 0 aliphatic heterocycles. The van der Waals surface area contributed by atoms with Gasteiger partial charge in [-0.15, -0.1) is 0 Å². The molecule has 0 unspecified atom stereocenters. The number of nitrogens with zero attached hydrogens (tertiary/aromatic N) is 1. The second kappa shape index (κ2) is 7.17. The van der Waals surface area contributed by atoms with Gasteiger partial charge in [0.2, 0.25) is 5.91 Å². The van der Waals surface area contributed by atoms with E-state index in [2.05, 4.69) is 30.4 Å². The molecule has 3 nitrogen and oxygen atoms in total. The second-order valence-corrected chi connectivity index (χ2v) is 5.61. The summed E-state index contributed by atoms with van der Waals surface area (Å²) in [6.07, 6.45) is 7.02. The van der Waals surface area contributed by atoms with Crippen LogP contribution in [-0.2, 0) is 4.79 Å². The van der Waals surface area contributed by atoms with Crippen molar-refractivity contribution >= 4 is 17.7 Å². The zero-order valence-electron chi connectivity index (χ0n) is 10.7. The summed E-state index contributed by atoms with van der Waals surface area (Å²) >= 11 is 1.94. The first-order valence-corrected chi connectivity index (χ1v) is 7.47. The number of hydrogen-bond acceptors (Lipinski definition) is 3. The molecule has 0 spiro atoms. The first kappa shape index (κ1) is 13.8. The first-order valence-electron chi connectivity index (χ1n) is 6.18. The van der Waals surface area contributed by atoms with Gasteiger partial charge >= 0.3 is 0 Å². The molecule has 4 heteroatoms. The highest BCUT2D eigenvalue weighted by molar-refractivity contribution is 7.99. The molecule has 1 aliphatic carbocycles. The van der Waals surface area contributed by atoms with Gasteiger partial charge in [0.15, 0.2) is 0 Å². The van der Waals surface area contributed by atoms with Gasteiger partial charge in [-0.25, -0.2) is 0 Å². The zero-order chi connectivity index (χ0) is 12.0. The number of likely N-dealkylation sites (N-methyl/N-ethyl adjacent to an activating group) is 1. The summed E-state index contributed by atoms with van der Waals surface area (Å²) in [6, 6.07) is 0.586. The minimum Gasteiger partial charge on any atom is -0.355 e. The molecular formula is C12H24N2OS. The van der Waals surface area contributed by atoms with Gasteiger partial charge in [0.1, 0.15) is 0 Å². The fourth-order valence-electron chi connectivity index (χ4n) is 2.35. The smallest absolute Gasteiger partial charge is 0.234 e. The van der Waals surface area contributed by atoms with Crippen molar-refractivity contribution in [2.24, 2.45) is 0 Å². The molecule has 0 radical (unpaired) electrons. The molecule has 1 aliphatic rings. The van der Waals surface area contributed by atoms with E-state index in [0.29, 0.717) is 17.8 Å². The van der Waals surface area contributed by atoms with Crippen LogP contribution in [0.5, 0.6) is 0 Å². The molecule has 0 aromatic rings. The van der Waals surface area contributed by atoms with Crippen molar-refractivity contribution in [2.75, 3.05) is 26.4 Å². The molecule has 2 atom stereocenters. The van der Waals surface area contributed by atoms with Crippen LogP contribution in [0.4, 0.5) is 0 Å². The van der Waals surface area contributed by atoms with Crippen molar-refractivity contribution in [1.29, 1.82) is 0 Å². The molecule has 1 rings (SSSR count). The van der Waals surface area contributed by atoms with E-state index < -0.39 is 0 Å². The molecule has 0 aromatic heterocycles. The molecule has 1 saturated carbocycles. The highest BCUT2D eigenvalue weighted by Gasteiger charge is 2.30. The summed E-state index contributed by atoms with van der Waals surface area (Å²) in [6.45, 7) is 3.41. The molecule has 1 amide bonds. The van der Waals surface area contributed by atoms with Gasteiger partial charge in [-0.2, -0.15) is 11.8 Å². The highest BCUT2D eigenvalue weighted by Crippen LogP contribution is 2.31. The van der Waals surface area contributed by atoms with Crippen LogP contribution in [0, 0.1) is 0 Å². The third-order valence-electron chi connectivity index (χ3n) is 3.25. The van der Waals surface area contributed by atoms with Gasteiger partial charge < -0.3 is 5.32 Å². The Hall–Kier alpha value is -0.220. The van der Waals surface area contributed by atoms with Crippen LogP contribution in [0.25, 0.3) is 0 Å². The highest BCUT2D eigenvalue weighted by atomic mass is 32.2. The van der Waals surface area contributed by atoms with Crippen molar-refractivity contribution in [3.8, 4) is 0 Å². The maximum absolute atomic E-state index is 11.6. The predicted molar refractivity (Wildman–Crippen MR) is 70.9 cm³/mol. The Morgan fingerprint density at radius 2 is 2.25 bits per heavy atom. The average Bonchev–Trinajstić information content (AvgIpc) is 2.74. The van der Waals surface area contributed by atoms with Crippen molar-refractivity contribution in [3.63, 3.8) is 0 Å². The number of hydrogen-bond donors (Lipinski definition) is 1. The third kappa shape index (κ3) is 3.98. The van der Waals surface area contributed by atoms with Crippen LogP contribution in [0.15, 0.2) is 0 Å². The molecule has 0 heterocycles. The van der Waals surface area contributed by atoms with E-state index in [1.165, 1.54) is 19.3 Å². The minimum atomic E-state index is 0.163. The number of rotatable bonds is 6. The van der Waals surface area contributed by atoms with Crippen molar-refractivity contribution in [2.45, 2.75) is 43.9 Å². The molecular weight excluding hydrogens is 220 g/mol.